The minimum absolute atomic E-state index is 0.110. The molecule has 3 rings (SSSR count). The van der Waals surface area contributed by atoms with Gasteiger partial charge in [-0.2, -0.15) is 0 Å². The van der Waals surface area contributed by atoms with Gasteiger partial charge in [-0.25, -0.2) is 9.18 Å². The lowest BCUT2D eigenvalue weighted by atomic mass is 9.75. The SMILES string of the molecule is CCCNC(=O)N1[C@H](CNC(=O)c2cccc(F)c2)[C@@H](c2ccccc2)[C@@H]1CO. The highest BCUT2D eigenvalue weighted by molar-refractivity contribution is 5.94. The number of hydrogen-bond donors (Lipinski definition) is 3. The Balaban J connectivity index is 1.77. The number of halogens is 1. The first-order valence-electron chi connectivity index (χ1n) is 9.82. The highest BCUT2D eigenvalue weighted by atomic mass is 19.1. The van der Waals surface area contributed by atoms with Crippen LogP contribution in [0.4, 0.5) is 9.18 Å². The van der Waals surface area contributed by atoms with E-state index >= 15 is 0 Å². The van der Waals surface area contributed by atoms with Crippen LogP contribution < -0.4 is 10.6 Å². The number of benzene rings is 2. The third-order valence-corrected chi connectivity index (χ3v) is 5.23. The average molecular weight is 399 g/mol. The van der Waals surface area contributed by atoms with E-state index in [1.54, 1.807) is 4.90 Å². The molecule has 3 N–H and O–H groups in total. The van der Waals surface area contributed by atoms with Crippen molar-refractivity contribution in [2.75, 3.05) is 19.7 Å². The van der Waals surface area contributed by atoms with Crippen molar-refractivity contribution < 1.29 is 19.1 Å². The van der Waals surface area contributed by atoms with Crippen molar-refractivity contribution in [1.82, 2.24) is 15.5 Å². The molecule has 0 aliphatic carbocycles. The minimum atomic E-state index is -0.482. The quantitative estimate of drug-likeness (QED) is 0.669. The maximum absolute atomic E-state index is 13.4. The standard InChI is InChI=1S/C22H26FN3O3/c1-2-11-24-22(29)26-18(13-25-21(28)16-9-6-10-17(23)12-16)20(19(26)14-27)15-7-4-3-5-8-15/h3-10,12,18-20,27H,2,11,13-14H2,1H3,(H,24,29)(H,25,28)/t18-,19+,20-/m1/s1. The number of likely N-dealkylation sites (tertiary alicyclic amines) is 1. The number of nitrogens with one attached hydrogen (secondary N) is 2. The molecule has 29 heavy (non-hydrogen) atoms. The molecule has 0 aromatic heterocycles. The van der Waals surface area contributed by atoms with Crippen molar-refractivity contribution in [3.63, 3.8) is 0 Å². The first kappa shape index (κ1) is 20.8. The number of carbonyl (C=O) groups is 2. The summed E-state index contributed by atoms with van der Waals surface area (Å²) in [5.41, 5.74) is 1.22. The lowest BCUT2D eigenvalue weighted by Gasteiger charge is -2.54. The lowest BCUT2D eigenvalue weighted by molar-refractivity contribution is -0.00687. The fraction of sp³-hybridized carbons (Fsp3) is 0.364. The van der Waals surface area contributed by atoms with E-state index in [4.69, 9.17) is 0 Å². The zero-order valence-corrected chi connectivity index (χ0v) is 16.3. The van der Waals surface area contributed by atoms with E-state index in [2.05, 4.69) is 10.6 Å². The Morgan fingerprint density at radius 1 is 1.07 bits per heavy atom. The van der Waals surface area contributed by atoms with Crippen molar-refractivity contribution >= 4 is 11.9 Å². The van der Waals surface area contributed by atoms with E-state index in [0.29, 0.717) is 6.54 Å². The molecule has 1 aliphatic rings. The molecule has 1 saturated heterocycles. The number of nitrogens with zero attached hydrogens (tertiary/aromatic N) is 1. The molecule has 154 valence electrons. The summed E-state index contributed by atoms with van der Waals surface area (Å²) in [7, 11) is 0. The molecule has 3 atom stereocenters. The molecule has 0 saturated carbocycles. The molecule has 3 amide bonds. The summed E-state index contributed by atoms with van der Waals surface area (Å²) in [6, 6.07) is 14.2. The van der Waals surface area contributed by atoms with Crippen molar-refractivity contribution in [3.05, 3.63) is 71.5 Å². The summed E-state index contributed by atoms with van der Waals surface area (Å²) in [6.07, 6.45) is 0.798. The van der Waals surface area contributed by atoms with Gasteiger partial charge in [0.2, 0.25) is 0 Å². The van der Waals surface area contributed by atoms with E-state index in [0.717, 1.165) is 12.0 Å². The fourth-order valence-electron chi connectivity index (χ4n) is 3.85. The first-order chi connectivity index (χ1) is 14.1. The van der Waals surface area contributed by atoms with Crippen molar-refractivity contribution in [2.24, 2.45) is 0 Å². The van der Waals surface area contributed by atoms with Gasteiger partial charge in [-0.05, 0) is 30.2 Å². The van der Waals surface area contributed by atoms with Gasteiger partial charge in [-0.15, -0.1) is 0 Å². The highest BCUT2D eigenvalue weighted by Crippen LogP contribution is 2.40. The second-order valence-corrected chi connectivity index (χ2v) is 7.11. The van der Waals surface area contributed by atoms with Crippen LogP contribution in [0.5, 0.6) is 0 Å². The van der Waals surface area contributed by atoms with E-state index in [1.165, 1.54) is 24.3 Å². The van der Waals surface area contributed by atoms with E-state index in [1.807, 2.05) is 37.3 Å². The fourth-order valence-corrected chi connectivity index (χ4v) is 3.85. The van der Waals surface area contributed by atoms with Gasteiger partial charge in [0.1, 0.15) is 5.82 Å². The normalized spacial score (nSPS) is 20.7. The van der Waals surface area contributed by atoms with Crippen LogP contribution in [0.3, 0.4) is 0 Å². The number of aliphatic hydroxyl groups is 1. The number of carbonyl (C=O) groups excluding carboxylic acids is 2. The molecule has 7 heteroatoms. The molecular weight excluding hydrogens is 373 g/mol. The molecule has 0 spiro atoms. The van der Waals surface area contributed by atoms with Gasteiger partial charge >= 0.3 is 6.03 Å². The van der Waals surface area contributed by atoms with Gasteiger partial charge < -0.3 is 20.6 Å². The van der Waals surface area contributed by atoms with Crippen LogP contribution in [0.1, 0.15) is 35.2 Å². The minimum Gasteiger partial charge on any atom is -0.394 e. The summed E-state index contributed by atoms with van der Waals surface area (Å²) in [5.74, 6) is -0.997. The predicted octanol–water partition coefficient (Wildman–Crippen LogP) is 2.50. The number of urea groups is 1. The molecule has 1 fully saturated rings. The van der Waals surface area contributed by atoms with Crippen molar-refractivity contribution in [3.8, 4) is 0 Å². The summed E-state index contributed by atoms with van der Waals surface area (Å²) in [5, 5.41) is 15.6. The topological polar surface area (TPSA) is 81.7 Å². The number of amides is 3. The molecular formula is C22H26FN3O3. The summed E-state index contributed by atoms with van der Waals surface area (Å²) < 4.78 is 13.4. The van der Waals surface area contributed by atoms with Crippen LogP contribution >= 0.6 is 0 Å². The van der Waals surface area contributed by atoms with Crippen LogP contribution in [0.15, 0.2) is 54.6 Å². The number of rotatable bonds is 7. The Hall–Kier alpha value is -2.93. The molecule has 2 aromatic rings. The Morgan fingerprint density at radius 3 is 2.48 bits per heavy atom. The second kappa shape index (κ2) is 9.52. The second-order valence-electron chi connectivity index (χ2n) is 7.11. The summed E-state index contributed by atoms with van der Waals surface area (Å²) in [4.78, 5) is 26.7. The third-order valence-electron chi connectivity index (χ3n) is 5.23. The number of aliphatic hydroxyl groups excluding tert-OH is 1. The molecule has 2 aromatic carbocycles. The van der Waals surface area contributed by atoms with E-state index in [9.17, 15) is 19.1 Å². The van der Waals surface area contributed by atoms with Crippen molar-refractivity contribution in [1.29, 1.82) is 0 Å². The zero-order valence-electron chi connectivity index (χ0n) is 16.3. The summed E-state index contributed by atoms with van der Waals surface area (Å²) in [6.45, 7) is 2.52. The molecule has 0 radical (unpaired) electrons. The van der Waals surface area contributed by atoms with Gasteiger partial charge in [-0.3, -0.25) is 4.79 Å². The lowest BCUT2D eigenvalue weighted by Crippen LogP contribution is -2.70. The van der Waals surface area contributed by atoms with Crippen molar-refractivity contribution in [2.45, 2.75) is 31.3 Å². The van der Waals surface area contributed by atoms with Crippen LogP contribution in [-0.2, 0) is 0 Å². The highest BCUT2D eigenvalue weighted by Gasteiger charge is 2.51. The van der Waals surface area contributed by atoms with Gasteiger partial charge in [0, 0.05) is 24.6 Å². The Labute approximate surface area is 169 Å². The van der Waals surface area contributed by atoms with Crippen LogP contribution in [-0.4, -0.2) is 53.7 Å². The molecule has 1 heterocycles. The van der Waals surface area contributed by atoms with Crippen LogP contribution in [0.2, 0.25) is 0 Å². The first-order valence-corrected chi connectivity index (χ1v) is 9.82. The van der Waals surface area contributed by atoms with Gasteiger partial charge in [0.15, 0.2) is 0 Å². The van der Waals surface area contributed by atoms with E-state index in [-0.39, 0.29) is 42.7 Å². The predicted molar refractivity (Wildman–Crippen MR) is 108 cm³/mol. The average Bonchev–Trinajstić information content (AvgIpc) is 2.72. The summed E-state index contributed by atoms with van der Waals surface area (Å²) >= 11 is 0. The molecule has 0 bridgehead atoms. The van der Waals surface area contributed by atoms with Crippen LogP contribution in [0.25, 0.3) is 0 Å². The molecule has 6 nitrogen and oxygen atoms in total. The van der Waals surface area contributed by atoms with Gasteiger partial charge in [0.05, 0.1) is 18.7 Å². The Morgan fingerprint density at radius 2 is 1.83 bits per heavy atom. The van der Waals surface area contributed by atoms with Gasteiger partial charge in [-0.1, -0.05) is 43.3 Å². The van der Waals surface area contributed by atoms with Crippen LogP contribution in [0, 0.1) is 5.82 Å². The van der Waals surface area contributed by atoms with Gasteiger partial charge in [0.25, 0.3) is 5.91 Å². The monoisotopic (exact) mass is 399 g/mol. The Kier molecular flexibility index (Phi) is 6.82. The zero-order chi connectivity index (χ0) is 20.8. The molecule has 0 unspecified atom stereocenters. The molecule has 1 aliphatic heterocycles. The largest absolute Gasteiger partial charge is 0.394 e. The third kappa shape index (κ3) is 4.56. The Bertz CT molecular complexity index is 846. The maximum Gasteiger partial charge on any atom is 0.318 e. The maximum atomic E-state index is 13.4. The number of hydrogen-bond acceptors (Lipinski definition) is 3. The van der Waals surface area contributed by atoms with E-state index < -0.39 is 11.7 Å². The smallest absolute Gasteiger partial charge is 0.318 e.